The van der Waals surface area contributed by atoms with Crippen LogP contribution in [0.5, 0.6) is 0 Å². The van der Waals surface area contributed by atoms with Gasteiger partial charge in [0, 0.05) is 12.6 Å². The van der Waals surface area contributed by atoms with Crippen LogP contribution >= 0.6 is 0 Å². The van der Waals surface area contributed by atoms with Crippen molar-refractivity contribution in [1.29, 1.82) is 0 Å². The van der Waals surface area contributed by atoms with Crippen LogP contribution in [0.15, 0.2) is 0 Å². The highest BCUT2D eigenvalue weighted by atomic mass is 15.2. The quantitative estimate of drug-likeness (QED) is 0.687. The van der Waals surface area contributed by atoms with Gasteiger partial charge in [0.1, 0.15) is 0 Å². The van der Waals surface area contributed by atoms with E-state index in [2.05, 4.69) is 24.2 Å². The highest BCUT2D eigenvalue weighted by Crippen LogP contribution is 2.16. The van der Waals surface area contributed by atoms with Gasteiger partial charge in [-0.2, -0.15) is 0 Å². The zero-order valence-corrected chi connectivity index (χ0v) is 8.47. The van der Waals surface area contributed by atoms with Gasteiger partial charge in [0.15, 0.2) is 0 Å². The third-order valence-electron chi connectivity index (χ3n) is 2.70. The minimum atomic E-state index is 0.809. The van der Waals surface area contributed by atoms with Crippen LogP contribution in [0.2, 0.25) is 0 Å². The molecule has 1 aliphatic rings. The Morgan fingerprint density at radius 1 is 1.42 bits per heavy atom. The van der Waals surface area contributed by atoms with Crippen molar-refractivity contribution in [3.8, 4) is 0 Å². The van der Waals surface area contributed by atoms with Gasteiger partial charge in [-0.1, -0.05) is 13.3 Å². The third-order valence-corrected chi connectivity index (χ3v) is 2.70. The number of nitrogens with zero attached hydrogens (tertiary/aromatic N) is 1. The van der Waals surface area contributed by atoms with Gasteiger partial charge in [-0.3, -0.25) is 4.90 Å². The molecule has 0 amide bonds. The van der Waals surface area contributed by atoms with E-state index < -0.39 is 0 Å². The van der Waals surface area contributed by atoms with Gasteiger partial charge >= 0.3 is 0 Å². The van der Waals surface area contributed by atoms with Crippen molar-refractivity contribution in [2.75, 3.05) is 26.7 Å². The van der Waals surface area contributed by atoms with Crippen LogP contribution in [0, 0.1) is 0 Å². The fraction of sp³-hybridized carbons (Fsp3) is 1.00. The summed E-state index contributed by atoms with van der Waals surface area (Å²) in [5.41, 5.74) is 0. The Bertz CT molecular complexity index is 96.4. The van der Waals surface area contributed by atoms with E-state index >= 15 is 0 Å². The molecule has 0 aromatic rings. The van der Waals surface area contributed by atoms with Gasteiger partial charge in [0.2, 0.25) is 0 Å². The Kier molecular flexibility index (Phi) is 4.62. The second kappa shape index (κ2) is 5.55. The Morgan fingerprint density at radius 3 is 2.92 bits per heavy atom. The molecule has 0 aromatic carbocycles. The zero-order valence-electron chi connectivity index (χ0n) is 8.47. The van der Waals surface area contributed by atoms with Gasteiger partial charge in [-0.15, -0.1) is 0 Å². The van der Waals surface area contributed by atoms with E-state index in [-0.39, 0.29) is 0 Å². The van der Waals surface area contributed by atoms with Crippen molar-refractivity contribution < 1.29 is 0 Å². The number of hydrogen-bond donors (Lipinski definition) is 1. The molecule has 0 spiro atoms. The summed E-state index contributed by atoms with van der Waals surface area (Å²) < 4.78 is 0. The topological polar surface area (TPSA) is 15.3 Å². The van der Waals surface area contributed by atoms with Crippen molar-refractivity contribution in [2.45, 2.75) is 38.6 Å². The van der Waals surface area contributed by atoms with Gasteiger partial charge in [-0.05, 0) is 39.4 Å². The van der Waals surface area contributed by atoms with Crippen molar-refractivity contribution in [1.82, 2.24) is 10.2 Å². The van der Waals surface area contributed by atoms with E-state index in [0.717, 1.165) is 6.04 Å². The molecule has 72 valence electrons. The van der Waals surface area contributed by atoms with E-state index in [0.29, 0.717) is 0 Å². The normalized spacial score (nSPS) is 26.0. The summed E-state index contributed by atoms with van der Waals surface area (Å²) in [5, 5.41) is 3.28. The Labute approximate surface area is 76.3 Å². The fourth-order valence-corrected chi connectivity index (χ4v) is 2.11. The molecule has 1 N–H and O–H groups in total. The molecule has 12 heavy (non-hydrogen) atoms. The summed E-state index contributed by atoms with van der Waals surface area (Å²) in [4.78, 5) is 2.64. The number of piperidine rings is 1. The van der Waals surface area contributed by atoms with Crippen molar-refractivity contribution in [3.05, 3.63) is 0 Å². The molecule has 0 radical (unpaired) electrons. The number of likely N-dealkylation sites (tertiary alicyclic amines) is 1. The first-order valence-corrected chi connectivity index (χ1v) is 5.27. The molecule has 0 aliphatic carbocycles. The van der Waals surface area contributed by atoms with E-state index in [4.69, 9.17) is 0 Å². The molecule has 1 saturated heterocycles. The van der Waals surface area contributed by atoms with Crippen molar-refractivity contribution in [2.24, 2.45) is 0 Å². The molecule has 1 heterocycles. The molecule has 1 atom stereocenters. The summed E-state index contributed by atoms with van der Waals surface area (Å²) in [5.74, 6) is 0. The molecule has 0 aromatic heterocycles. The van der Waals surface area contributed by atoms with E-state index in [1.807, 2.05) is 0 Å². The molecule has 2 heteroatoms. The average Bonchev–Trinajstić information content (AvgIpc) is 2.09. The summed E-state index contributed by atoms with van der Waals surface area (Å²) in [7, 11) is 2.05. The Hall–Kier alpha value is -0.0800. The van der Waals surface area contributed by atoms with E-state index in [9.17, 15) is 0 Å². The number of nitrogens with one attached hydrogen (secondary N) is 1. The summed E-state index contributed by atoms with van der Waals surface area (Å²) in [6.07, 6.45) is 5.51. The standard InChI is InChI=1S/C10H22N2/c1-3-7-12-8-5-4-6-10(12)9-11-2/h10-11H,3-9H2,1-2H3/t10-/m0/s1. The SMILES string of the molecule is CCCN1CCCC[C@H]1CNC. The summed E-state index contributed by atoms with van der Waals surface area (Å²) >= 11 is 0. The highest BCUT2D eigenvalue weighted by molar-refractivity contribution is 4.77. The lowest BCUT2D eigenvalue weighted by Gasteiger charge is -2.35. The fourth-order valence-electron chi connectivity index (χ4n) is 2.11. The maximum Gasteiger partial charge on any atom is 0.0220 e. The van der Waals surface area contributed by atoms with Gasteiger partial charge < -0.3 is 5.32 Å². The Morgan fingerprint density at radius 2 is 2.25 bits per heavy atom. The smallest absolute Gasteiger partial charge is 0.0220 e. The lowest BCUT2D eigenvalue weighted by Crippen LogP contribution is -2.45. The monoisotopic (exact) mass is 170 g/mol. The molecule has 1 rings (SSSR count). The predicted octanol–water partition coefficient (Wildman–Crippen LogP) is 1.47. The van der Waals surface area contributed by atoms with Crippen molar-refractivity contribution in [3.63, 3.8) is 0 Å². The van der Waals surface area contributed by atoms with Gasteiger partial charge in [0.05, 0.1) is 0 Å². The molecular formula is C10H22N2. The van der Waals surface area contributed by atoms with Crippen LogP contribution in [-0.4, -0.2) is 37.6 Å². The first-order valence-electron chi connectivity index (χ1n) is 5.27. The molecule has 0 unspecified atom stereocenters. The minimum Gasteiger partial charge on any atom is -0.318 e. The molecule has 0 bridgehead atoms. The van der Waals surface area contributed by atoms with Crippen LogP contribution in [0.4, 0.5) is 0 Å². The van der Waals surface area contributed by atoms with Crippen LogP contribution in [-0.2, 0) is 0 Å². The molecule has 1 aliphatic heterocycles. The van der Waals surface area contributed by atoms with Crippen LogP contribution in [0.25, 0.3) is 0 Å². The number of likely N-dealkylation sites (N-methyl/N-ethyl adjacent to an activating group) is 1. The lowest BCUT2D eigenvalue weighted by atomic mass is 10.0. The molecule has 1 fully saturated rings. The van der Waals surface area contributed by atoms with E-state index in [1.54, 1.807) is 0 Å². The van der Waals surface area contributed by atoms with Crippen LogP contribution in [0.1, 0.15) is 32.6 Å². The maximum absolute atomic E-state index is 3.28. The summed E-state index contributed by atoms with van der Waals surface area (Å²) in [6.45, 7) is 6.04. The van der Waals surface area contributed by atoms with Gasteiger partial charge in [-0.25, -0.2) is 0 Å². The number of rotatable bonds is 4. The Balaban J connectivity index is 2.31. The predicted molar refractivity (Wildman–Crippen MR) is 53.4 cm³/mol. The third kappa shape index (κ3) is 2.76. The van der Waals surface area contributed by atoms with Crippen molar-refractivity contribution >= 4 is 0 Å². The van der Waals surface area contributed by atoms with Gasteiger partial charge in [0.25, 0.3) is 0 Å². The van der Waals surface area contributed by atoms with Crippen LogP contribution < -0.4 is 5.32 Å². The molecule has 0 saturated carbocycles. The second-order valence-electron chi connectivity index (χ2n) is 3.74. The largest absolute Gasteiger partial charge is 0.318 e. The average molecular weight is 170 g/mol. The number of hydrogen-bond acceptors (Lipinski definition) is 2. The zero-order chi connectivity index (χ0) is 8.81. The first-order chi connectivity index (χ1) is 5.88. The minimum absolute atomic E-state index is 0.809. The maximum atomic E-state index is 3.28. The second-order valence-corrected chi connectivity index (χ2v) is 3.74. The van der Waals surface area contributed by atoms with Crippen LogP contribution in [0.3, 0.4) is 0 Å². The summed E-state index contributed by atoms with van der Waals surface area (Å²) in [6, 6.07) is 0.809. The molecular weight excluding hydrogens is 148 g/mol. The van der Waals surface area contributed by atoms with E-state index in [1.165, 1.54) is 45.3 Å². The lowest BCUT2D eigenvalue weighted by molar-refractivity contribution is 0.147. The highest BCUT2D eigenvalue weighted by Gasteiger charge is 2.20. The molecule has 2 nitrogen and oxygen atoms in total. The first kappa shape index (κ1) is 10.0.